The van der Waals surface area contributed by atoms with Crippen LogP contribution in [0.25, 0.3) is 0 Å². The van der Waals surface area contributed by atoms with Gasteiger partial charge in [-0.2, -0.15) is 0 Å². The molecule has 0 aliphatic heterocycles. The molecule has 0 unspecified atom stereocenters. The summed E-state index contributed by atoms with van der Waals surface area (Å²) in [6.45, 7) is 6.78. The van der Waals surface area contributed by atoms with Gasteiger partial charge in [0.1, 0.15) is 0 Å². The van der Waals surface area contributed by atoms with Crippen molar-refractivity contribution in [2.45, 2.75) is 26.2 Å². The summed E-state index contributed by atoms with van der Waals surface area (Å²) in [4.78, 5) is 0. The van der Waals surface area contributed by atoms with Crippen molar-refractivity contribution in [3.63, 3.8) is 0 Å². The molecule has 0 amide bonds. The van der Waals surface area contributed by atoms with E-state index in [2.05, 4.69) is 75.4 Å². The third kappa shape index (κ3) is 3.23. The highest BCUT2D eigenvalue weighted by atomic mass is 14.2. The van der Waals surface area contributed by atoms with Crippen LogP contribution in [0.2, 0.25) is 0 Å². The van der Waals surface area contributed by atoms with Gasteiger partial charge in [-0.1, -0.05) is 86.3 Å². The van der Waals surface area contributed by atoms with Gasteiger partial charge in [-0.3, -0.25) is 0 Å². The zero-order valence-electron chi connectivity index (χ0n) is 10.9. The van der Waals surface area contributed by atoms with Crippen LogP contribution < -0.4 is 10.9 Å². The molecule has 86 valence electrons. The molecule has 17 heavy (non-hydrogen) atoms. The maximum Gasteiger partial charge on any atom is 0.192 e. The van der Waals surface area contributed by atoms with Crippen molar-refractivity contribution in [3.8, 4) is 0 Å². The fourth-order valence-electron chi connectivity index (χ4n) is 1.98. The summed E-state index contributed by atoms with van der Waals surface area (Å²) in [5, 5.41) is 0. The normalized spacial score (nSPS) is 11.2. The van der Waals surface area contributed by atoms with E-state index in [1.54, 1.807) is 0 Å². The van der Waals surface area contributed by atoms with E-state index >= 15 is 0 Å². The van der Waals surface area contributed by atoms with E-state index in [1.807, 2.05) is 0 Å². The van der Waals surface area contributed by atoms with E-state index < -0.39 is 0 Å². The van der Waals surface area contributed by atoms with Gasteiger partial charge in [0.05, 0.1) is 0 Å². The molecule has 0 spiro atoms. The Morgan fingerprint density at radius 1 is 0.765 bits per heavy atom. The predicted molar refractivity (Wildman–Crippen MR) is 78.0 cm³/mol. The lowest BCUT2D eigenvalue weighted by Gasteiger charge is -2.19. The van der Waals surface area contributed by atoms with E-state index in [0.29, 0.717) is 0 Å². The summed E-state index contributed by atoms with van der Waals surface area (Å²) in [7, 11) is 1.02. The number of benzene rings is 2. The van der Waals surface area contributed by atoms with Gasteiger partial charge in [0, 0.05) is 0 Å². The molecule has 2 aromatic carbocycles. The molecule has 0 atom stereocenters. The van der Waals surface area contributed by atoms with Crippen LogP contribution in [-0.2, 0) is 5.41 Å². The molecule has 1 heteroatoms. The summed E-state index contributed by atoms with van der Waals surface area (Å²) in [6.07, 6.45) is 0. The average molecular weight is 222 g/mol. The second-order valence-corrected chi connectivity index (χ2v) is 5.61. The molecule has 0 saturated carbocycles. The SMILES string of the molecule is CC(C)(C)c1cccc(Bc2ccccc2)c1. The van der Waals surface area contributed by atoms with Gasteiger partial charge < -0.3 is 0 Å². The summed E-state index contributed by atoms with van der Waals surface area (Å²) in [6, 6.07) is 19.6. The van der Waals surface area contributed by atoms with Gasteiger partial charge in [-0.25, -0.2) is 0 Å². The van der Waals surface area contributed by atoms with Crippen LogP contribution in [0, 0.1) is 0 Å². The standard InChI is InChI=1S/C16H19B/c1-16(2,3)13-8-7-11-15(12-13)17-14-9-5-4-6-10-14/h4-12,17H,1-3H3. The maximum absolute atomic E-state index is 2.33. The molecule has 0 heterocycles. The molecule has 0 N–H and O–H groups in total. The van der Waals surface area contributed by atoms with Crippen molar-refractivity contribution in [3.05, 3.63) is 60.2 Å². The van der Waals surface area contributed by atoms with Crippen LogP contribution in [0.5, 0.6) is 0 Å². The Morgan fingerprint density at radius 3 is 2.06 bits per heavy atom. The first-order valence-electron chi connectivity index (χ1n) is 6.19. The molecule has 2 rings (SSSR count). The minimum absolute atomic E-state index is 0.229. The molecule has 0 fully saturated rings. The molecule has 0 nitrogen and oxygen atoms in total. The maximum atomic E-state index is 2.33. The van der Waals surface area contributed by atoms with Crippen molar-refractivity contribution < 1.29 is 0 Å². The van der Waals surface area contributed by atoms with Crippen molar-refractivity contribution in [2.24, 2.45) is 0 Å². The molecule has 0 bridgehead atoms. The Labute approximate surface area is 105 Å². The summed E-state index contributed by atoms with van der Waals surface area (Å²) in [5.41, 5.74) is 4.40. The summed E-state index contributed by atoms with van der Waals surface area (Å²) in [5.74, 6) is 0. The van der Waals surface area contributed by atoms with E-state index in [1.165, 1.54) is 16.5 Å². The number of hydrogen-bond acceptors (Lipinski definition) is 0. The third-order valence-electron chi connectivity index (χ3n) is 3.04. The van der Waals surface area contributed by atoms with Crippen molar-refractivity contribution in [2.75, 3.05) is 0 Å². The molecule has 0 aliphatic carbocycles. The van der Waals surface area contributed by atoms with E-state index in [-0.39, 0.29) is 5.41 Å². The topological polar surface area (TPSA) is 0 Å². The van der Waals surface area contributed by atoms with Crippen LogP contribution >= 0.6 is 0 Å². The first kappa shape index (κ1) is 12.0. The molecule has 0 aliphatic rings. The van der Waals surface area contributed by atoms with Gasteiger partial charge in [0.15, 0.2) is 7.28 Å². The number of rotatable bonds is 2. The van der Waals surface area contributed by atoms with Crippen molar-refractivity contribution in [1.82, 2.24) is 0 Å². The van der Waals surface area contributed by atoms with Gasteiger partial charge >= 0.3 is 0 Å². The number of hydrogen-bond donors (Lipinski definition) is 0. The van der Waals surface area contributed by atoms with Gasteiger partial charge in [0.25, 0.3) is 0 Å². The molecular formula is C16H19B. The highest BCUT2D eigenvalue weighted by Gasteiger charge is 2.13. The molecular weight excluding hydrogens is 203 g/mol. The van der Waals surface area contributed by atoms with Crippen molar-refractivity contribution in [1.29, 1.82) is 0 Å². The van der Waals surface area contributed by atoms with E-state index in [0.717, 1.165) is 7.28 Å². The second-order valence-electron chi connectivity index (χ2n) is 5.61. The minimum atomic E-state index is 0.229. The first-order chi connectivity index (χ1) is 8.05. The second kappa shape index (κ2) is 4.79. The summed E-state index contributed by atoms with van der Waals surface area (Å²) >= 11 is 0. The smallest absolute Gasteiger partial charge is 0.0786 e. The van der Waals surface area contributed by atoms with Gasteiger partial charge in [0.2, 0.25) is 0 Å². The lowest BCUT2D eigenvalue weighted by atomic mass is 9.63. The van der Waals surface area contributed by atoms with Gasteiger partial charge in [-0.15, -0.1) is 0 Å². The Kier molecular flexibility index (Phi) is 3.37. The lowest BCUT2D eigenvalue weighted by molar-refractivity contribution is 0.591. The molecule has 0 radical (unpaired) electrons. The molecule has 0 aromatic heterocycles. The lowest BCUT2D eigenvalue weighted by Crippen LogP contribution is -2.28. The van der Waals surface area contributed by atoms with Crippen LogP contribution in [0.4, 0.5) is 0 Å². The van der Waals surface area contributed by atoms with Crippen LogP contribution in [0.1, 0.15) is 26.3 Å². The Morgan fingerprint density at radius 2 is 1.41 bits per heavy atom. The Bertz CT molecular complexity index is 480. The first-order valence-corrected chi connectivity index (χ1v) is 6.19. The zero-order valence-corrected chi connectivity index (χ0v) is 10.9. The summed E-state index contributed by atoms with van der Waals surface area (Å²) < 4.78 is 0. The van der Waals surface area contributed by atoms with Crippen LogP contribution in [-0.4, -0.2) is 7.28 Å². The van der Waals surface area contributed by atoms with E-state index in [4.69, 9.17) is 0 Å². The van der Waals surface area contributed by atoms with Gasteiger partial charge in [-0.05, 0) is 11.0 Å². The quantitative estimate of drug-likeness (QED) is 0.684. The minimum Gasteiger partial charge on any atom is -0.0786 e. The molecule has 0 saturated heterocycles. The van der Waals surface area contributed by atoms with Crippen LogP contribution in [0.3, 0.4) is 0 Å². The molecule has 2 aromatic rings. The fraction of sp³-hybridized carbons (Fsp3) is 0.250. The highest BCUT2D eigenvalue weighted by molar-refractivity contribution is 6.67. The largest absolute Gasteiger partial charge is 0.192 e. The Hall–Kier alpha value is -1.50. The highest BCUT2D eigenvalue weighted by Crippen LogP contribution is 2.20. The Balaban J connectivity index is 2.23. The fourth-order valence-corrected chi connectivity index (χ4v) is 1.98. The van der Waals surface area contributed by atoms with E-state index in [9.17, 15) is 0 Å². The predicted octanol–water partition coefficient (Wildman–Crippen LogP) is 2.37. The monoisotopic (exact) mass is 222 g/mol. The third-order valence-corrected chi connectivity index (χ3v) is 3.04. The average Bonchev–Trinajstić information content (AvgIpc) is 2.29. The van der Waals surface area contributed by atoms with Crippen LogP contribution in [0.15, 0.2) is 54.6 Å². The van der Waals surface area contributed by atoms with Crippen molar-refractivity contribution >= 4 is 18.2 Å². The zero-order chi connectivity index (χ0) is 12.3.